The molecule has 1 heterocycles. The minimum Gasteiger partial charge on any atom is -0.497 e. The molecule has 0 unspecified atom stereocenters. The van der Waals surface area contributed by atoms with E-state index in [-0.39, 0.29) is 5.91 Å². The molecule has 0 bridgehead atoms. The van der Waals surface area contributed by atoms with Crippen molar-refractivity contribution in [1.29, 1.82) is 0 Å². The molecule has 0 spiro atoms. The molecule has 2 N–H and O–H groups in total. The summed E-state index contributed by atoms with van der Waals surface area (Å²) in [5.41, 5.74) is 2.49. The van der Waals surface area contributed by atoms with Gasteiger partial charge in [-0.15, -0.1) is 0 Å². The van der Waals surface area contributed by atoms with E-state index in [1.54, 1.807) is 7.11 Å². The number of halogens is 1. The van der Waals surface area contributed by atoms with Crippen molar-refractivity contribution in [3.63, 3.8) is 0 Å². The predicted molar refractivity (Wildman–Crippen MR) is 110 cm³/mol. The van der Waals surface area contributed by atoms with Gasteiger partial charge in [-0.1, -0.05) is 41.9 Å². The zero-order chi connectivity index (χ0) is 19.8. The monoisotopic (exact) mass is 396 g/mol. The SMILES string of the molecule is COc1ccc(CCNC(=O)c2cnc(NCc3ccccc3Cl)nc2)cc1. The highest BCUT2D eigenvalue weighted by Crippen LogP contribution is 2.16. The van der Waals surface area contributed by atoms with Crippen LogP contribution in [-0.2, 0) is 13.0 Å². The Morgan fingerprint density at radius 2 is 1.79 bits per heavy atom. The molecule has 28 heavy (non-hydrogen) atoms. The average Bonchev–Trinajstić information content (AvgIpc) is 2.74. The summed E-state index contributed by atoms with van der Waals surface area (Å²) in [6.45, 7) is 1.03. The number of rotatable bonds is 8. The van der Waals surface area contributed by atoms with Crippen LogP contribution in [0.15, 0.2) is 60.9 Å². The average molecular weight is 397 g/mol. The van der Waals surface area contributed by atoms with Crippen LogP contribution in [0.1, 0.15) is 21.5 Å². The Morgan fingerprint density at radius 1 is 1.07 bits per heavy atom. The number of methoxy groups -OCH3 is 1. The maximum absolute atomic E-state index is 12.2. The molecule has 0 radical (unpaired) electrons. The van der Waals surface area contributed by atoms with Crippen LogP contribution in [0, 0.1) is 0 Å². The van der Waals surface area contributed by atoms with Gasteiger partial charge in [-0.3, -0.25) is 4.79 Å². The maximum Gasteiger partial charge on any atom is 0.254 e. The smallest absolute Gasteiger partial charge is 0.254 e. The van der Waals surface area contributed by atoms with Crippen LogP contribution in [0.25, 0.3) is 0 Å². The lowest BCUT2D eigenvalue weighted by molar-refractivity contribution is 0.0953. The molecule has 0 saturated carbocycles. The Morgan fingerprint density at radius 3 is 2.46 bits per heavy atom. The summed E-state index contributed by atoms with van der Waals surface area (Å²) >= 11 is 6.13. The van der Waals surface area contributed by atoms with E-state index in [1.165, 1.54) is 12.4 Å². The van der Waals surface area contributed by atoms with E-state index in [0.29, 0.717) is 29.6 Å². The first-order chi connectivity index (χ1) is 13.7. The Labute approximate surface area is 168 Å². The number of aromatic nitrogens is 2. The number of carbonyl (C=O) groups excluding carboxylic acids is 1. The number of hydrogen-bond acceptors (Lipinski definition) is 5. The number of benzene rings is 2. The fourth-order valence-corrected chi connectivity index (χ4v) is 2.77. The van der Waals surface area contributed by atoms with Crippen molar-refractivity contribution in [3.05, 3.63) is 82.6 Å². The Kier molecular flexibility index (Phi) is 6.81. The van der Waals surface area contributed by atoms with Crippen molar-refractivity contribution >= 4 is 23.5 Å². The standard InChI is InChI=1S/C21H21ClN4O2/c1-28-18-8-6-15(7-9-18)10-11-23-20(27)17-13-25-21(26-14-17)24-12-16-4-2-3-5-19(16)22/h2-9,13-14H,10-12H2,1H3,(H,23,27)(H,24,25,26). The fraction of sp³-hybridized carbons (Fsp3) is 0.190. The lowest BCUT2D eigenvalue weighted by Crippen LogP contribution is -2.26. The van der Waals surface area contributed by atoms with E-state index in [1.807, 2.05) is 48.5 Å². The second kappa shape index (κ2) is 9.71. The molecular weight excluding hydrogens is 376 g/mol. The van der Waals surface area contributed by atoms with Gasteiger partial charge in [0.25, 0.3) is 5.91 Å². The summed E-state index contributed by atoms with van der Waals surface area (Å²) < 4.78 is 5.13. The Bertz CT molecular complexity index is 914. The first-order valence-corrected chi connectivity index (χ1v) is 9.24. The topological polar surface area (TPSA) is 76.1 Å². The Balaban J connectivity index is 1.47. The molecule has 3 aromatic rings. The Hall–Kier alpha value is -3.12. The van der Waals surface area contributed by atoms with Gasteiger partial charge in [-0.25, -0.2) is 9.97 Å². The molecule has 1 amide bonds. The summed E-state index contributed by atoms with van der Waals surface area (Å²) in [4.78, 5) is 20.6. The summed E-state index contributed by atoms with van der Waals surface area (Å²) in [5.74, 6) is 1.05. The van der Waals surface area contributed by atoms with Gasteiger partial charge in [-0.05, 0) is 35.7 Å². The first-order valence-electron chi connectivity index (χ1n) is 8.86. The van der Waals surface area contributed by atoms with Gasteiger partial charge >= 0.3 is 0 Å². The fourth-order valence-electron chi connectivity index (χ4n) is 2.57. The molecule has 2 aromatic carbocycles. The second-order valence-electron chi connectivity index (χ2n) is 6.09. The third-order valence-electron chi connectivity index (χ3n) is 4.17. The van der Waals surface area contributed by atoms with E-state index >= 15 is 0 Å². The molecule has 3 rings (SSSR count). The van der Waals surface area contributed by atoms with Gasteiger partial charge in [0.1, 0.15) is 5.75 Å². The molecule has 0 saturated heterocycles. The van der Waals surface area contributed by atoms with Crippen LogP contribution in [0.2, 0.25) is 5.02 Å². The minimum absolute atomic E-state index is 0.203. The van der Waals surface area contributed by atoms with E-state index in [4.69, 9.17) is 16.3 Å². The number of hydrogen-bond donors (Lipinski definition) is 2. The third-order valence-corrected chi connectivity index (χ3v) is 4.54. The lowest BCUT2D eigenvalue weighted by atomic mass is 10.1. The summed E-state index contributed by atoms with van der Waals surface area (Å²) in [7, 11) is 1.63. The molecule has 1 aromatic heterocycles. The quantitative estimate of drug-likeness (QED) is 0.606. The van der Waals surface area contributed by atoms with E-state index in [0.717, 1.165) is 23.3 Å². The van der Waals surface area contributed by atoms with Crippen LogP contribution in [0.3, 0.4) is 0 Å². The number of ether oxygens (including phenoxy) is 1. The first kappa shape index (κ1) is 19.6. The number of carbonyl (C=O) groups is 1. The molecule has 7 heteroatoms. The molecule has 144 valence electrons. The van der Waals surface area contributed by atoms with Crippen LogP contribution >= 0.6 is 11.6 Å². The molecule has 0 aliphatic rings. The molecular formula is C21H21ClN4O2. The van der Waals surface area contributed by atoms with Gasteiger partial charge < -0.3 is 15.4 Å². The van der Waals surface area contributed by atoms with Gasteiger partial charge in [0, 0.05) is 30.5 Å². The van der Waals surface area contributed by atoms with Crippen molar-refractivity contribution in [1.82, 2.24) is 15.3 Å². The van der Waals surface area contributed by atoms with E-state index < -0.39 is 0 Å². The molecule has 0 atom stereocenters. The molecule has 0 aliphatic heterocycles. The summed E-state index contributed by atoms with van der Waals surface area (Å²) in [5, 5.41) is 6.65. The highest BCUT2D eigenvalue weighted by atomic mass is 35.5. The third kappa shape index (κ3) is 5.44. The van der Waals surface area contributed by atoms with Crippen molar-refractivity contribution in [2.45, 2.75) is 13.0 Å². The normalized spacial score (nSPS) is 10.4. The van der Waals surface area contributed by atoms with E-state index in [9.17, 15) is 4.79 Å². The van der Waals surface area contributed by atoms with Crippen molar-refractivity contribution in [3.8, 4) is 5.75 Å². The van der Waals surface area contributed by atoms with Gasteiger partial charge in [0.2, 0.25) is 5.95 Å². The van der Waals surface area contributed by atoms with Gasteiger partial charge in [0.05, 0.1) is 12.7 Å². The van der Waals surface area contributed by atoms with Gasteiger partial charge in [-0.2, -0.15) is 0 Å². The minimum atomic E-state index is -0.203. The molecule has 0 aliphatic carbocycles. The zero-order valence-electron chi connectivity index (χ0n) is 15.5. The molecule has 6 nitrogen and oxygen atoms in total. The summed E-state index contributed by atoms with van der Waals surface area (Å²) in [6, 6.07) is 15.3. The zero-order valence-corrected chi connectivity index (χ0v) is 16.2. The van der Waals surface area contributed by atoms with Crippen LogP contribution in [-0.4, -0.2) is 29.5 Å². The van der Waals surface area contributed by atoms with E-state index in [2.05, 4.69) is 20.6 Å². The number of anilines is 1. The van der Waals surface area contributed by atoms with Crippen molar-refractivity contribution < 1.29 is 9.53 Å². The van der Waals surface area contributed by atoms with Crippen LogP contribution in [0.4, 0.5) is 5.95 Å². The number of amides is 1. The van der Waals surface area contributed by atoms with Crippen LogP contribution in [0.5, 0.6) is 5.75 Å². The molecule has 0 fully saturated rings. The highest BCUT2D eigenvalue weighted by Gasteiger charge is 2.07. The van der Waals surface area contributed by atoms with Crippen molar-refractivity contribution in [2.75, 3.05) is 19.0 Å². The lowest BCUT2D eigenvalue weighted by Gasteiger charge is -2.08. The highest BCUT2D eigenvalue weighted by molar-refractivity contribution is 6.31. The van der Waals surface area contributed by atoms with Crippen LogP contribution < -0.4 is 15.4 Å². The number of nitrogens with zero attached hydrogens (tertiary/aromatic N) is 2. The van der Waals surface area contributed by atoms with Crippen molar-refractivity contribution in [2.24, 2.45) is 0 Å². The second-order valence-corrected chi connectivity index (χ2v) is 6.50. The number of nitrogens with one attached hydrogen (secondary N) is 2. The van der Waals surface area contributed by atoms with Gasteiger partial charge in [0.15, 0.2) is 0 Å². The predicted octanol–water partition coefficient (Wildman–Crippen LogP) is 3.72. The largest absolute Gasteiger partial charge is 0.497 e. The maximum atomic E-state index is 12.2. The summed E-state index contributed by atoms with van der Waals surface area (Å²) in [6.07, 6.45) is 3.74.